The summed E-state index contributed by atoms with van der Waals surface area (Å²) in [7, 11) is 1.95. The molecule has 0 unspecified atom stereocenters. The lowest BCUT2D eigenvalue weighted by atomic mass is 10.0. The van der Waals surface area contributed by atoms with Gasteiger partial charge in [0.15, 0.2) is 0 Å². The fraction of sp³-hybridized carbons (Fsp3) is 0.647. The van der Waals surface area contributed by atoms with E-state index < -0.39 is 0 Å². The van der Waals surface area contributed by atoms with Crippen molar-refractivity contribution in [2.45, 2.75) is 52.1 Å². The first-order chi connectivity index (χ1) is 12.0. The SMILES string of the molecule is Cc1nn(C)c(C)c1C[C@@H](C)NC(=O)N1CCC[C@@H](n2cncn2)C1. The van der Waals surface area contributed by atoms with Crippen LogP contribution < -0.4 is 5.32 Å². The Hall–Kier alpha value is -2.38. The lowest BCUT2D eigenvalue weighted by molar-refractivity contribution is 0.160. The van der Waals surface area contributed by atoms with E-state index in [1.807, 2.05) is 35.2 Å². The van der Waals surface area contributed by atoms with Crippen molar-refractivity contribution in [2.75, 3.05) is 13.1 Å². The second-order valence-electron chi connectivity index (χ2n) is 6.95. The summed E-state index contributed by atoms with van der Waals surface area (Å²) in [5, 5.41) is 11.8. The van der Waals surface area contributed by atoms with Gasteiger partial charge in [0.05, 0.1) is 11.7 Å². The van der Waals surface area contributed by atoms with Crippen LogP contribution in [-0.4, -0.2) is 54.6 Å². The molecule has 0 bridgehead atoms. The van der Waals surface area contributed by atoms with Crippen LogP contribution in [0.15, 0.2) is 12.7 Å². The highest BCUT2D eigenvalue weighted by Gasteiger charge is 2.26. The van der Waals surface area contributed by atoms with Crippen molar-refractivity contribution in [3.8, 4) is 0 Å². The summed E-state index contributed by atoms with van der Waals surface area (Å²) in [5.74, 6) is 0. The zero-order chi connectivity index (χ0) is 18.0. The second kappa shape index (κ2) is 7.25. The van der Waals surface area contributed by atoms with E-state index >= 15 is 0 Å². The zero-order valence-electron chi connectivity index (χ0n) is 15.4. The van der Waals surface area contributed by atoms with E-state index in [1.165, 1.54) is 5.56 Å². The largest absolute Gasteiger partial charge is 0.335 e. The Bertz CT molecular complexity index is 722. The topological polar surface area (TPSA) is 80.9 Å². The molecule has 0 radical (unpaired) electrons. The lowest BCUT2D eigenvalue weighted by Gasteiger charge is -2.33. The summed E-state index contributed by atoms with van der Waals surface area (Å²) in [4.78, 5) is 18.5. The monoisotopic (exact) mass is 345 g/mol. The molecule has 1 saturated heterocycles. The van der Waals surface area contributed by atoms with Crippen molar-refractivity contribution in [2.24, 2.45) is 7.05 Å². The van der Waals surface area contributed by atoms with Crippen molar-refractivity contribution in [1.82, 2.24) is 34.8 Å². The Morgan fingerprint density at radius 2 is 2.24 bits per heavy atom. The minimum Gasteiger partial charge on any atom is -0.335 e. The summed E-state index contributed by atoms with van der Waals surface area (Å²) in [6.07, 6.45) is 6.06. The summed E-state index contributed by atoms with van der Waals surface area (Å²) in [6.45, 7) is 7.59. The van der Waals surface area contributed by atoms with Crippen LogP contribution in [0.4, 0.5) is 4.79 Å². The Kier molecular flexibility index (Phi) is 5.06. The van der Waals surface area contributed by atoms with Crippen LogP contribution in [0.3, 0.4) is 0 Å². The minimum atomic E-state index is -0.00323. The van der Waals surface area contributed by atoms with Gasteiger partial charge in [-0.05, 0) is 45.6 Å². The van der Waals surface area contributed by atoms with Gasteiger partial charge in [-0.15, -0.1) is 0 Å². The molecule has 0 saturated carbocycles. The number of hydrogen-bond donors (Lipinski definition) is 1. The molecule has 0 aliphatic carbocycles. The standard InChI is InChI=1S/C17H27N7O/c1-12(8-16-13(2)21-22(4)14(16)3)20-17(25)23-7-5-6-15(9-23)24-11-18-10-19-24/h10-12,15H,5-9H2,1-4H3,(H,20,25)/t12-,15-/m1/s1. The molecule has 1 fully saturated rings. The summed E-state index contributed by atoms with van der Waals surface area (Å²) in [5.41, 5.74) is 3.41. The Morgan fingerprint density at radius 1 is 1.44 bits per heavy atom. The normalized spacial score (nSPS) is 19.0. The third kappa shape index (κ3) is 3.83. The Balaban J connectivity index is 1.57. The third-order valence-electron chi connectivity index (χ3n) is 5.03. The highest BCUT2D eigenvalue weighted by molar-refractivity contribution is 5.74. The van der Waals surface area contributed by atoms with Crippen LogP contribution in [0.25, 0.3) is 0 Å². The molecule has 2 atom stereocenters. The maximum atomic E-state index is 12.6. The van der Waals surface area contributed by atoms with E-state index in [4.69, 9.17) is 0 Å². The molecule has 3 heterocycles. The summed E-state index contributed by atoms with van der Waals surface area (Å²) < 4.78 is 3.75. The van der Waals surface area contributed by atoms with Gasteiger partial charge in [0.25, 0.3) is 0 Å². The highest BCUT2D eigenvalue weighted by Crippen LogP contribution is 2.20. The zero-order valence-corrected chi connectivity index (χ0v) is 15.4. The van der Waals surface area contributed by atoms with Crippen LogP contribution in [0.1, 0.15) is 42.8 Å². The van der Waals surface area contributed by atoms with Gasteiger partial charge in [-0.1, -0.05) is 0 Å². The first kappa shape index (κ1) is 17.4. The molecule has 8 nitrogen and oxygen atoms in total. The van der Waals surface area contributed by atoms with Crippen LogP contribution in [0.2, 0.25) is 0 Å². The maximum Gasteiger partial charge on any atom is 0.317 e. The van der Waals surface area contributed by atoms with Crippen LogP contribution in [0, 0.1) is 13.8 Å². The van der Waals surface area contributed by atoms with Gasteiger partial charge >= 0.3 is 6.03 Å². The molecule has 1 N–H and O–H groups in total. The maximum absolute atomic E-state index is 12.6. The Morgan fingerprint density at radius 3 is 2.88 bits per heavy atom. The van der Waals surface area contributed by atoms with Crippen LogP contribution in [-0.2, 0) is 13.5 Å². The first-order valence-electron chi connectivity index (χ1n) is 8.84. The third-order valence-corrected chi connectivity index (χ3v) is 5.03. The number of likely N-dealkylation sites (tertiary alicyclic amines) is 1. The van der Waals surface area contributed by atoms with Gasteiger partial charge < -0.3 is 10.2 Å². The fourth-order valence-corrected chi connectivity index (χ4v) is 3.53. The summed E-state index contributed by atoms with van der Waals surface area (Å²) in [6, 6.07) is 0.262. The average molecular weight is 345 g/mol. The van der Waals surface area contributed by atoms with Gasteiger partial charge in [-0.25, -0.2) is 14.5 Å². The van der Waals surface area contributed by atoms with Gasteiger partial charge in [0.2, 0.25) is 0 Å². The van der Waals surface area contributed by atoms with Crippen molar-refractivity contribution >= 4 is 6.03 Å². The minimum absolute atomic E-state index is 0.00323. The molecule has 25 heavy (non-hydrogen) atoms. The van der Waals surface area contributed by atoms with Gasteiger partial charge in [-0.3, -0.25) is 4.68 Å². The molecule has 1 aliphatic rings. The number of nitrogens with zero attached hydrogens (tertiary/aromatic N) is 6. The predicted molar refractivity (Wildman–Crippen MR) is 94.2 cm³/mol. The first-order valence-corrected chi connectivity index (χ1v) is 8.84. The number of amides is 2. The number of hydrogen-bond acceptors (Lipinski definition) is 4. The molecule has 2 aromatic rings. The number of aryl methyl sites for hydroxylation is 2. The van der Waals surface area contributed by atoms with E-state index in [-0.39, 0.29) is 18.1 Å². The second-order valence-corrected chi connectivity index (χ2v) is 6.95. The van der Waals surface area contributed by atoms with E-state index in [9.17, 15) is 4.79 Å². The number of urea groups is 1. The number of carbonyl (C=O) groups is 1. The van der Waals surface area contributed by atoms with Crippen LogP contribution in [0.5, 0.6) is 0 Å². The quantitative estimate of drug-likeness (QED) is 0.913. The van der Waals surface area contributed by atoms with Gasteiger partial charge in [0.1, 0.15) is 12.7 Å². The van der Waals surface area contributed by atoms with Gasteiger partial charge in [-0.2, -0.15) is 10.2 Å². The van der Waals surface area contributed by atoms with Crippen molar-refractivity contribution in [3.05, 3.63) is 29.6 Å². The van der Waals surface area contributed by atoms with Crippen molar-refractivity contribution in [1.29, 1.82) is 0 Å². The number of carbonyl (C=O) groups excluding carboxylic acids is 1. The number of nitrogens with one attached hydrogen (secondary N) is 1. The van der Waals surface area contributed by atoms with E-state index in [2.05, 4.69) is 27.4 Å². The highest BCUT2D eigenvalue weighted by atomic mass is 16.2. The summed E-state index contributed by atoms with van der Waals surface area (Å²) >= 11 is 0. The number of rotatable bonds is 4. The molecule has 0 spiro atoms. The van der Waals surface area contributed by atoms with E-state index in [0.29, 0.717) is 6.54 Å². The van der Waals surface area contributed by atoms with Crippen LogP contribution >= 0.6 is 0 Å². The van der Waals surface area contributed by atoms with Gasteiger partial charge in [0, 0.05) is 31.9 Å². The Labute approximate surface area is 148 Å². The lowest BCUT2D eigenvalue weighted by Crippen LogP contribution is -2.48. The van der Waals surface area contributed by atoms with Crippen molar-refractivity contribution < 1.29 is 4.79 Å². The molecule has 2 amide bonds. The average Bonchev–Trinajstić information content (AvgIpc) is 3.20. The molecule has 8 heteroatoms. The molecule has 3 rings (SSSR count). The fourth-order valence-electron chi connectivity index (χ4n) is 3.53. The molecule has 1 aliphatic heterocycles. The molecular weight excluding hydrogens is 318 g/mol. The molecular formula is C17H27N7O. The number of aromatic nitrogens is 5. The molecule has 2 aromatic heterocycles. The molecule has 0 aromatic carbocycles. The van der Waals surface area contributed by atoms with E-state index in [1.54, 1.807) is 12.7 Å². The van der Waals surface area contributed by atoms with E-state index in [0.717, 1.165) is 37.2 Å². The molecule has 136 valence electrons. The predicted octanol–water partition coefficient (Wildman–Crippen LogP) is 1.61. The number of piperidine rings is 1. The smallest absolute Gasteiger partial charge is 0.317 e. The van der Waals surface area contributed by atoms with Crippen molar-refractivity contribution in [3.63, 3.8) is 0 Å².